The first-order valence-electron chi connectivity index (χ1n) is 8.93. The number of ether oxygens (including phenoxy) is 1. The summed E-state index contributed by atoms with van der Waals surface area (Å²) in [6.07, 6.45) is 2.30. The fourth-order valence-corrected chi connectivity index (χ4v) is 4.51. The molecule has 28 heavy (non-hydrogen) atoms. The van der Waals surface area contributed by atoms with Crippen molar-refractivity contribution in [3.05, 3.63) is 47.0 Å². The summed E-state index contributed by atoms with van der Waals surface area (Å²) in [4.78, 5) is 11.0. The third kappa shape index (κ3) is 3.70. The highest BCUT2D eigenvalue weighted by molar-refractivity contribution is 7.92. The molecule has 2 aliphatic heterocycles. The molecule has 0 saturated carbocycles. The second-order valence-corrected chi connectivity index (χ2v) is 8.68. The monoisotopic (exact) mass is 418 g/mol. The van der Waals surface area contributed by atoms with Gasteiger partial charge >= 0.3 is 0 Å². The Morgan fingerprint density at radius 2 is 2.14 bits per heavy atom. The minimum absolute atomic E-state index is 0.0262. The Kier molecular flexibility index (Phi) is 4.99. The molecule has 1 N–H and O–H groups in total. The summed E-state index contributed by atoms with van der Waals surface area (Å²) in [6, 6.07) is 10.5. The van der Waals surface area contributed by atoms with Gasteiger partial charge in [0, 0.05) is 12.1 Å². The number of hydrogen-bond acceptors (Lipinski definition) is 6. The molecule has 0 aromatic heterocycles. The molecule has 2 heterocycles. The number of fused-ring (bicyclic) bond motifs is 3. The van der Waals surface area contributed by atoms with Crippen LogP contribution in [0.5, 0.6) is 11.5 Å². The zero-order valence-corrected chi connectivity index (χ0v) is 16.8. The average Bonchev–Trinajstić information content (AvgIpc) is 3.14. The number of rotatable bonds is 6. The summed E-state index contributed by atoms with van der Waals surface area (Å²) < 4.78 is 32.5. The Balaban J connectivity index is 1.61. The van der Waals surface area contributed by atoms with E-state index in [-0.39, 0.29) is 10.8 Å². The number of aliphatic imine (C=N–C) groups is 2. The van der Waals surface area contributed by atoms with Crippen molar-refractivity contribution in [2.75, 3.05) is 23.6 Å². The number of nitrogens with one attached hydrogen (secondary N) is 1. The topological polar surface area (TPSA) is 83.4 Å². The fourth-order valence-electron chi connectivity index (χ4n) is 3.10. The molecule has 0 aliphatic carbocycles. The molecule has 0 fully saturated rings. The highest BCUT2D eigenvalue weighted by atomic mass is 35.5. The predicted octanol–water partition coefficient (Wildman–Crippen LogP) is 4.02. The van der Waals surface area contributed by atoms with Crippen LogP contribution in [0.15, 0.2) is 46.4 Å². The predicted molar refractivity (Wildman–Crippen MR) is 112 cm³/mol. The normalized spacial score (nSPS) is 15.1. The van der Waals surface area contributed by atoms with Gasteiger partial charge in [0.1, 0.15) is 22.4 Å². The van der Waals surface area contributed by atoms with Gasteiger partial charge in [-0.3, -0.25) is 9.71 Å². The van der Waals surface area contributed by atoms with E-state index in [1.165, 1.54) is 0 Å². The molecule has 2 aromatic rings. The Morgan fingerprint density at radius 3 is 2.96 bits per heavy atom. The molecule has 0 amide bonds. The second-order valence-electron chi connectivity index (χ2n) is 6.46. The summed E-state index contributed by atoms with van der Waals surface area (Å²) in [5, 5.41) is 0.206. The van der Waals surface area contributed by atoms with Gasteiger partial charge < -0.3 is 9.64 Å². The van der Waals surface area contributed by atoms with Gasteiger partial charge in [-0.15, -0.1) is 0 Å². The van der Waals surface area contributed by atoms with Crippen molar-refractivity contribution in [3.63, 3.8) is 0 Å². The summed E-state index contributed by atoms with van der Waals surface area (Å²) in [5.74, 6) is 1.84. The van der Waals surface area contributed by atoms with E-state index in [1.54, 1.807) is 37.5 Å². The maximum absolute atomic E-state index is 12.0. The van der Waals surface area contributed by atoms with Gasteiger partial charge in [-0.25, -0.2) is 13.4 Å². The van der Waals surface area contributed by atoms with Gasteiger partial charge in [-0.2, -0.15) is 0 Å². The maximum atomic E-state index is 12.0. The molecule has 0 radical (unpaired) electrons. The highest BCUT2D eigenvalue weighted by Crippen LogP contribution is 2.37. The van der Waals surface area contributed by atoms with Crippen molar-refractivity contribution in [1.82, 2.24) is 4.90 Å². The molecule has 0 saturated heterocycles. The molecule has 0 atom stereocenters. The van der Waals surface area contributed by atoms with E-state index >= 15 is 0 Å². The first-order chi connectivity index (χ1) is 13.5. The number of sulfonamides is 1. The van der Waals surface area contributed by atoms with Crippen LogP contribution in [0.4, 0.5) is 11.4 Å². The van der Waals surface area contributed by atoms with E-state index in [0.29, 0.717) is 23.6 Å². The van der Waals surface area contributed by atoms with Crippen LogP contribution in [-0.2, 0) is 10.0 Å². The van der Waals surface area contributed by atoms with Crippen LogP contribution in [-0.4, -0.2) is 44.3 Å². The van der Waals surface area contributed by atoms with Crippen LogP contribution in [0.1, 0.15) is 18.9 Å². The third-order valence-corrected chi connectivity index (χ3v) is 6.22. The van der Waals surface area contributed by atoms with E-state index in [1.807, 2.05) is 17.0 Å². The van der Waals surface area contributed by atoms with Gasteiger partial charge in [0.05, 0.1) is 30.0 Å². The quantitative estimate of drug-likeness (QED) is 0.767. The van der Waals surface area contributed by atoms with Crippen molar-refractivity contribution < 1.29 is 13.2 Å². The Labute approximate surface area is 168 Å². The minimum Gasteiger partial charge on any atom is -0.456 e. The van der Waals surface area contributed by atoms with Gasteiger partial charge in [0.2, 0.25) is 10.0 Å². The lowest BCUT2D eigenvalue weighted by atomic mass is 10.1. The van der Waals surface area contributed by atoms with Crippen LogP contribution in [0.2, 0.25) is 5.02 Å². The SMILES string of the molecule is CCCS(=O)(=O)Nc1cccc(Oc2ccc3c(c2)C2=NCCN2C=N3)c1Cl. The molecule has 146 valence electrons. The Bertz CT molecular complexity index is 1080. The number of benzene rings is 2. The lowest BCUT2D eigenvalue weighted by molar-refractivity contribution is 0.483. The Morgan fingerprint density at radius 1 is 1.29 bits per heavy atom. The molecular weight excluding hydrogens is 400 g/mol. The standard InChI is InChI=1S/C19H19ClN4O3S/c1-2-10-28(25,26)23-16-4-3-5-17(18(16)20)27-13-6-7-15-14(11-13)19-21-8-9-24(19)12-22-15/h3-7,11-12,23H,2,8-10H2,1H3. The molecule has 0 unspecified atom stereocenters. The molecule has 0 bridgehead atoms. The van der Waals surface area contributed by atoms with Gasteiger partial charge in [-0.05, 0) is 36.8 Å². The smallest absolute Gasteiger partial charge is 0.232 e. The molecule has 0 spiro atoms. The van der Waals surface area contributed by atoms with Gasteiger partial charge in [0.15, 0.2) is 0 Å². The van der Waals surface area contributed by atoms with Crippen molar-refractivity contribution in [2.24, 2.45) is 9.98 Å². The van der Waals surface area contributed by atoms with Crippen LogP contribution in [0, 0.1) is 0 Å². The number of amidine groups is 1. The van der Waals surface area contributed by atoms with E-state index in [9.17, 15) is 8.42 Å². The van der Waals surface area contributed by atoms with Crippen molar-refractivity contribution in [2.45, 2.75) is 13.3 Å². The zero-order valence-electron chi connectivity index (χ0n) is 15.2. The number of halogens is 1. The van der Waals surface area contributed by atoms with E-state index in [2.05, 4.69) is 14.7 Å². The molecule has 7 nitrogen and oxygen atoms in total. The largest absolute Gasteiger partial charge is 0.456 e. The molecule has 4 rings (SSSR count). The van der Waals surface area contributed by atoms with Crippen molar-refractivity contribution >= 4 is 45.2 Å². The van der Waals surface area contributed by atoms with Crippen LogP contribution >= 0.6 is 11.6 Å². The average molecular weight is 419 g/mol. The van der Waals surface area contributed by atoms with E-state index in [0.717, 1.165) is 30.2 Å². The maximum Gasteiger partial charge on any atom is 0.232 e. The highest BCUT2D eigenvalue weighted by Gasteiger charge is 2.24. The summed E-state index contributed by atoms with van der Waals surface area (Å²) in [7, 11) is -3.45. The lowest BCUT2D eigenvalue weighted by Gasteiger charge is -2.21. The number of nitrogens with zero attached hydrogens (tertiary/aromatic N) is 3. The number of anilines is 1. The first-order valence-corrected chi connectivity index (χ1v) is 11.0. The molecule has 9 heteroatoms. The molecular formula is C19H19ClN4O3S. The molecule has 2 aromatic carbocycles. The molecule has 2 aliphatic rings. The fraction of sp³-hybridized carbons (Fsp3) is 0.263. The van der Waals surface area contributed by atoms with Crippen molar-refractivity contribution in [1.29, 1.82) is 0 Å². The summed E-state index contributed by atoms with van der Waals surface area (Å²) in [6.45, 7) is 3.35. The lowest BCUT2D eigenvalue weighted by Crippen LogP contribution is -2.29. The minimum atomic E-state index is -3.45. The van der Waals surface area contributed by atoms with Crippen LogP contribution in [0.3, 0.4) is 0 Å². The summed E-state index contributed by atoms with van der Waals surface area (Å²) in [5.41, 5.74) is 2.02. The van der Waals surface area contributed by atoms with Crippen LogP contribution < -0.4 is 9.46 Å². The third-order valence-electron chi connectivity index (χ3n) is 4.35. The summed E-state index contributed by atoms with van der Waals surface area (Å²) >= 11 is 6.39. The Hall–Kier alpha value is -2.58. The van der Waals surface area contributed by atoms with E-state index in [4.69, 9.17) is 16.3 Å². The zero-order chi connectivity index (χ0) is 19.7. The second kappa shape index (κ2) is 7.44. The number of hydrogen-bond donors (Lipinski definition) is 1. The van der Waals surface area contributed by atoms with Gasteiger partial charge in [0.25, 0.3) is 0 Å². The van der Waals surface area contributed by atoms with Gasteiger partial charge in [-0.1, -0.05) is 24.6 Å². The van der Waals surface area contributed by atoms with E-state index < -0.39 is 10.0 Å². The van der Waals surface area contributed by atoms with Crippen LogP contribution in [0.25, 0.3) is 0 Å². The first kappa shape index (κ1) is 18.8. The van der Waals surface area contributed by atoms with Crippen molar-refractivity contribution in [3.8, 4) is 11.5 Å².